The number of esters is 1. The summed E-state index contributed by atoms with van der Waals surface area (Å²) < 4.78 is 10.8. The van der Waals surface area contributed by atoms with Gasteiger partial charge in [0, 0.05) is 44.6 Å². The fourth-order valence-corrected chi connectivity index (χ4v) is 6.53. The van der Waals surface area contributed by atoms with E-state index in [2.05, 4.69) is 9.88 Å². The van der Waals surface area contributed by atoms with E-state index in [9.17, 15) is 19.2 Å². The van der Waals surface area contributed by atoms with Gasteiger partial charge in [0.15, 0.2) is 5.58 Å². The largest absolute Gasteiger partial charge is 0.464 e. The number of aryl methyl sites for hydroxylation is 1. The molecule has 10 heteroatoms. The minimum Gasteiger partial charge on any atom is -0.464 e. The highest BCUT2D eigenvalue weighted by molar-refractivity contribution is 5.80. The van der Waals surface area contributed by atoms with Gasteiger partial charge in [-0.1, -0.05) is 13.0 Å². The van der Waals surface area contributed by atoms with Crippen molar-refractivity contribution in [1.82, 2.24) is 19.7 Å². The molecule has 1 aromatic carbocycles. The quantitative estimate of drug-likeness (QED) is 0.384. The number of nitrogens with zero attached hydrogens (tertiary/aromatic N) is 3. The fourth-order valence-electron chi connectivity index (χ4n) is 6.53. The number of carbonyl (C=O) groups excluding carboxylic acids is 3. The highest BCUT2D eigenvalue weighted by Crippen LogP contribution is 2.28. The lowest BCUT2D eigenvalue weighted by molar-refractivity contribution is -0.151. The first-order chi connectivity index (χ1) is 18.8. The number of hydrogen-bond donors (Lipinski definition) is 1. The van der Waals surface area contributed by atoms with E-state index in [-0.39, 0.29) is 35.8 Å². The maximum absolute atomic E-state index is 13.3. The fraction of sp³-hybridized carbons (Fsp3) is 0.655. The lowest BCUT2D eigenvalue weighted by Crippen LogP contribution is -2.51. The Morgan fingerprint density at radius 3 is 2.64 bits per heavy atom. The van der Waals surface area contributed by atoms with Crippen molar-refractivity contribution in [2.24, 2.45) is 5.92 Å². The molecule has 3 aliphatic rings. The minimum absolute atomic E-state index is 0.135. The number of benzene rings is 1. The van der Waals surface area contributed by atoms with Gasteiger partial charge in [0.25, 0.3) is 0 Å². The molecule has 0 unspecified atom stereocenters. The van der Waals surface area contributed by atoms with Crippen molar-refractivity contribution >= 4 is 28.9 Å². The summed E-state index contributed by atoms with van der Waals surface area (Å²) in [6.07, 6.45) is 6.28. The summed E-state index contributed by atoms with van der Waals surface area (Å²) in [5.74, 6) is -0.477. The summed E-state index contributed by atoms with van der Waals surface area (Å²) in [6, 6.07) is 3.90. The molecule has 212 valence electrons. The summed E-state index contributed by atoms with van der Waals surface area (Å²) in [7, 11) is 0. The number of rotatable bonds is 9. The first kappa shape index (κ1) is 27.4. The van der Waals surface area contributed by atoms with Crippen LogP contribution < -0.4 is 5.76 Å². The lowest BCUT2D eigenvalue weighted by atomic mass is 9.96. The van der Waals surface area contributed by atoms with E-state index in [0.29, 0.717) is 56.6 Å². The molecule has 0 radical (unpaired) electrons. The number of H-pyrrole nitrogens is 1. The van der Waals surface area contributed by atoms with Crippen LogP contribution in [0.25, 0.3) is 11.1 Å². The van der Waals surface area contributed by atoms with E-state index < -0.39 is 5.76 Å². The molecule has 1 N–H and O–H groups in total. The molecule has 0 bridgehead atoms. The van der Waals surface area contributed by atoms with Gasteiger partial charge >= 0.3 is 11.7 Å². The normalized spacial score (nSPS) is 21.7. The highest BCUT2D eigenvalue weighted by atomic mass is 16.5. The van der Waals surface area contributed by atoms with Crippen molar-refractivity contribution in [1.29, 1.82) is 0 Å². The zero-order valence-corrected chi connectivity index (χ0v) is 23.1. The number of carbonyl (C=O) groups is 3. The van der Waals surface area contributed by atoms with Gasteiger partial charge in [-0.3, -0.25) is 24.3 Å². The second kappa shape index (κ2) is 11.9. The van der Waals surface area contributed by atoms with E-state index in [1.807, 2.05) is 35.8 Å². The van der Waals surface area contributed by atoms with Crippen molar-refractivity contribution in [3.63, 3.8) is 0 Å². The second-order valence-electron chi connectivity index (χ2n) is 11.4. The second-order valence-corrected chi connectivity index (χ2v) is 11.4. The van der Waals surface area contributed by atoms with Crippen LogP contribution in [0.15, 0.2) is 21.3 Å². The Labute approximate surface area is 228 Å². The molecule has 10 nitrogen and oxygen atoms in total. The lowest BCUT2D eigenvalue weighted by Gasteiger charge is -2.39. The van der Waals surface area contributed by atoms with Crippen LogP contribution in [0.1, 0.15) is 63.0 Å². The summed E-state index contributed by atoms with van der Waals surface area (Å²) in [6.45, 7) is 7.93. The maximum Gasteiger partial charge on any atom is 0.417 e. The smallest absolute Gasteiger partial charge is 0.417 e. The topological polar surface area (TPSA) is 116 Å². The average Bonchev–Trinajstić information content (AvgIpc) is 3.66. The third-order valence-corrected chi connectivity index (χ3v) is 8.55. The molecule has 2 aromatic rings. The third kappa shape index (κ3) is 6.21. The van der Waals surface area contributed by atoms with Gasteiger partial charge in [0.05, 0.1) is 12.1 Å². The number of nitrogens with one attached hydrogen (secondary N) is 1. The molecule has 0 aliphatic carbocycles. The standard InChI is InChI=1S/C29H40N4O6/c1-19-16-21(18-24-26(19)30-29(37)39-24)17-20(2)27(35)32-13-8-22(9-14-32)33-12-3-6-23(33)28(36)38-15-5-11-31-10-4-7-25(31)34/h16,18,20,22-23H,3-15,17H2,1-2H3,(H,30,37)/t20-,23+/m1/s1. The average molecular weight is 541 g/mol. The van der Waals surface area contributed by atoms with Crippen molar-refractivity contribution in [2.75, 3.05) is 39.3 Å². The molecule has 3 aliphatic heterocycles. The van der Waals surface area contributed by atoms with E-state index in [0.717, 1.165) is 56.3 Å². The van der Waals surface area contributed by atoms with Crippen molar-refractivity contribution in [3.8, 4) is 0 Å². The zero-order valence-electron chi connectivity index (χ0n) is 23.1. The predicted molar refractivity (Wildman–Crippen MR) is 145 cm³/mol. The molecular formula is C29H40N4O6. The first-order valence-corrected chi connectivity index (χ1v) is 14.4. The van der Waals surface area contributed by atoms with Gasteiger partial charge in [0.2, 0.25) is 11.8 Å². The Balaban J connectivity index is 1.08. The molecule has 5 rings (SSSR count). The van der Waals surface area contributed by atoms with Crippen LogP contribution in [0.5, 0.6) is 0 Å². The van der Waals surface area contributed by atoms with Crippen molar-refractivity contribution < 1.29 is 23.5 Å². The number of ether oxygens (including phenoxy) is 1. The van der Waals surface area contributed by atoms with Gasteiger partial charge in [-0.2, -0.15) is 0 Å². The Kier molecular flexibility index (Phi) is 8.40. The number of hydrogen-bond acceptors (Lipinski definition) is 7. The molecule has 2 amide bonds. The van der Waals surface area contributed by atoms with Crippen LogP contribution in [0.4, 0.5) is 0 Å². The summed E-state index contributed by atoms with van der Waals surface area (Å²) in [5.41, 5.74) is 3.13. The number of likely N-dealkylation sites (tertiary alicyclic amines) is 3. The molecule has 3 fully saturated rings. The van der Waals surface area contributed by atoms with Gasteiger partial charge < -0.3 is 19.0 Å². The van der Waals surface area contributed by atoms with E-state index in [1.54, 1.807) is 0 Å². The zero-order chi connectivity index (χ0) is 27.5. The number of aromatic amines is 1. The van der Waals surface area contributed by atoms with Crippen LogP contribution >= 0.6 is 0 Å². The van der Waals surface area contributed by atoms with Gasteiger partial charge in [-0.25, -0.2) is 4.79 Å². The van der Waals surface area contributed by atoms with Crippen molar-refractivity contribution in [3.05, 3.63) is 33.8 Å². The van der Waals surface area contributed by atoms with Crippen LogP contribution in [0, 0.1) is 12.8 Å². The summed E-state index contributed by atoms with van der Waals surface area (Å²) in [4.78, 5) is 58.2. The number of fused-ring (bicyclic) bond motifs is 1. The predicted octanol–water partition coefficient (Wildman–Crippen LogP) is 2.62. The molecule has 39 heavy (non-hydrogen) atoms. The SMILES string of the molecule is Cc1cc(C[C@@H](C)C(=O)N2CCC(N3CCC[C@H]3C(=O)OCCCN3CCCC3=O)CC2)cc2oc(=O)[nH]c12. The van der Waals surface area contributed by atoms with Crippen LogP contribution in [-0.4, -0.2) is 88.9 Å². The molecule has 4 heterocycles. The van der Waals surface area contributed by atoms with Gasteiger partial charge in [-0.15, -0.1) is 0 Å². The molecule has 0 spiro atoms. The third-order valence-electron chi connectivity index (χ3n) is 8.55. The van der Waals surface area contributed by atoms with E-state index >= 15 is 0 Å². The molecule has 2 atom stereocenters. The summed E-state index contributed by atoms with van der Waals surface area (Å²) >= 11 is 0. The minimum atomic E-state index is -0.471. The Morgan fingerprint density at radius 1 is 1.10 bits per heavy atom. The monoisotopic (exact) mass is 540 g/mol. The van der Waals surface area contributed by atoms with Crippen LogP contribution in [0.2, 0.25) is 0 Å². The van der Waals surface area contributed by atoms with Gasteiger partial charge in [-0.05, 0) is 75.6 Å². The molecule has 1 aromatic heterocycles. The number of piperidine rings is 1. The number of oxazole rings is 1. The van der Waals surface area contributed by atoms with E-state index in [4.69, 9.17) is 9.15 Å². The molecule has 0 saturated carbocycles. The highest BCUT2D eigenvalue weighted by Gasteiger charge is 2.38. The van der Waals surface area contributed by atoms with Gasteiger partial charge in [0.1, 0.15) is 6.04 Å². The Bertz CT molecular complexity index is 1260. The Morgan fingerprint density at radius 2 is 1.90 bits per heavy atom. The van der Waals surface area contributed by atoms with E-state index in [1.165, 1.54) is 0 Å². The number of aromatic nitrogens is 1. The molecule has 3 saturated heterocycles. The first-order valence-electron chi connectivity index (χ1n) is 14.4. The maximum atomic E-state index is 13.3. The van der Waals surface area contributed by atoms with Crippen molar-refractivity contribution in [2.45, 2.75) is 77.3 Å². The van der Waals surface area contributed by atoms with Crippen LogP contribution in [-0.2, 0) is 25.5 Å². The molecular weight excluding hydrogens is 500 g/mol. The Hall–Kier alpha value is -3.14. The van der Waals surface area contributed by atoms with Crippen LogP contribution in [0.3, 0.4) is 0 Å². The summed E-state index contributed by atoms with van der Waals surface area (Å²) in [5, 5.41) is 0. The number of amides is 2.